The second kappa shape index (κ2) is 11.7. The molecule has 10 heteroatoms. The highest BCUT2D eigenvalue weighted by Gasteiger charge is 2.31. The van der Waals surface area contributed by atoms with E-state index in [9.17, 15) is 13.2 Å². The van der Waals surface area contributed by atoms with Gasteiger partial charge < -0.3 is 28.4 Å². The van der Waals surface area contributed by atoms with E-state index in [1.54, 1.807) is 33.5 Å². The van der Waals surface area contributed by atoms with Gasteiger partial charge in [0.25, 0.3) is 0 Å². The van der Waals surface area contributed by atoms with Gasteiger partial charge >= 0.3 is 6.36 Å². The van der Waals surface area contributed by atoms with E-state index >= 15 is 0 Å². The van der Waals surface area contributed by atoms with E-state index in [0.29, 0.717) is 33.6 Å². The van der Waals surface area contributed by atoms with Crippen LogP contribution >= 0.6 is 11.9 Å². The molecule has 0 bridgehead atoms. The summed E-state index contributed by atoms with van der Waals surface area (Å²) in [4.78, 5) is 0.534. The predicted molar refractivity (Wildman–Crippen MR) is 131 cm³/mol. The van der Waals surface area contributed by atoms with Crippen molar-refractivity contribution < 1.29 is 36.9 Å². The molecule has 0 heterocycles. The molecule has 186 valence electrons. The minimum Gasteiger partial charge on any atom is -0.495 e. The molecule has 0 unspecified atom stereocenters. The maximum Gasteiger partial charge on any atom is 0.573 e. The smallest absolute Gasteiger partial charge is 0.495 e. The molecule has 0 amide bonds. The van der Waals surface area contributed by atoms with Crippen LogP contribution in [0.25, 0.3) is 12.2 Å². The first-order valence-electron chi connectivity index (χ1n) is 10.2. The van der Waals surface area contributed by atoms with Gasteiger partial charge in [0.2, 0.25) is 5.75 Å². The van der Waals surface area contributed by atoms with Gasteiger partial charge in [0, 0.05) is 4.90 Å². The summed E-state index contributed by atoms with van der Waals surface area (Å²) in [7, 11) is 6.18. The maximum atomic E-state index is 12.5. The highest BCUT2D eigenvalue weighted by Crippen LogP contribution is 2.39. The van der Waals surface area contributed by atoms with E-state index in [-0.39, 0.29) is 5.75 Å². The van der Waals surface area contributed by atoms with E-state index in [1.165, 1.54) is 25.3 Å². The first-order valence-corrected chi connectivity index (χ1v) is 11.0. The van der Waals surface area contributed by atoms with Crippen LogP contribution in [-0.2, 0) is 0 Å². The standard InChI is InChI=1S/C25H24F3NO5S/c1-30-21-11-10-16(8-9-17-13-22(31-2)24(33-4)23(14-17)32-3)12-20(21)29-35-19-7-5-6-18(15-19)34-25(26,27)28/h5-15,29H,1-4H3/b9-8-. The number of rotatable bonds is 10. The quantitative estimate of drug-likeness (QED) is 0.236. The van der Waals surface area contributed by atoms with E-state index in [4.69, 9.17) is 18.9 Å². The second-order valence-electron chi connectivity index (χ2n) is 6.98. The third-order valence-electron chi connectivity index (χ3n) is 4.70. The van der Waals surface area contributed by atoms with Crippen molar-refractivity contribution in [1.82, 2.24) is 0 Å². The number of benzene rings is 3. The second-order valence-corrected chi connectivity index (χ2v) is 7.86. The molecule has 0 atom stereocenters. The van der Waals surface area contributed by atoms with E-state index in [2.05, 4.69) is 9.46 Å². The Kier molecular flexibility index (Phi) is 8.64. The van der Waals surface area contributed by atoms with Crippen LogP contribution in [0.4, 0.5) is 18.9 Å². The van der Waals surface area contributed by atoms with Gasteiger partial charge in [-0.05, 0) is 65.5 Å². The third kappa shape index (κ3) is 7.16. The molecule has 1 N–H and O–H groups in total. The van der Waals surface area contributed by atoms with Crippen molar-refractivity contribution >= 4 is 29.8 Å². The van der Waals surface area contributed by atoms with Crippen LogP contribution in [0.5, 0.6) is 28.7 Å². The van der Waals surface area contributed by atoms with Crippen LogP contribution in [0, 0.1) is 0 Å². The Morgan fingerprint density at radius 3 is 2.00 bits per heavy atom. The Hall–Kier alpha value is -3.66. The number of nitrogens with one attached hydrogen (secondary N) is 1. The normalized spacial score (nSPS) is 11.3. The van der Waals surface area contributed by atoms with Crippen molar-refractivity contribution in [2.24, 2.45) is 0 Å². The fourth-order valence-corrected chi connectivity index (χ4v) is 3.86. The lowest BCUT2D eigenvalue weighted by Crippen LogP contribution is -2.17. The molecule has 3 aromatic carbocycles. The number of methoxy groups -OCH3 is 4. The Labute approximate surface area is 205 Å². The Bertz CT molecular complexity index is 1160. The third-order valence-corrected chi connectivity index (χ3v) is 5.51. The highest BCUT2D eigenvalue weighted by atomic mass is 32.2. The molecule has 6 nitrogen and oxygen atoms in total. The van der Waals surface area contributed by atoms with E-state index < -0.39 is 6.36 Å². The summed E-state index contributed by atoms with van der Waals surface area (Å²) in [6, 6.07) is 14.9. The van der Waals surface area contributed by atoms with Crippen molar-refractivity contribution in [2.45, 2.75) is 11.3 Å². The topological polar surface area (TPSA) is 58.2 Å². The van der Waals surface area contributed by atoms with Crippen LogP contribution in [0.1, 0.15) is 11.1 Å². The summed E-state index contributed by atoms with van der Waals surface area (Å²) >= 11 is 1.13. The van der Waals surface area contributed by atoms with Crippen LogP contribution in [-0.4, -0.2) is 34.8 Å². The molecule has 0 radical (unpaired) electrons. The summed E-state index contributed by atoms with van der Waals surface area (Å²) in [5, 5.41) is 0. The molecule has 3 rings (SSSR count). The average molecular weight is 508 g/mol. The first-order chi connectivity index (χ1) is 16.8. The molecule has 0 aliphatic rings. The van der Waals surface area contributed by atoms with Crippen LogP contribution in [0.15, 0.2) is 59.5 Å². The SMILES string of the molecule is COc1ccc(/C=C\c2cc(OC)c(OC)c(OC)c2)cc1NSc1cccc(OC(F)(F)F)c1. The lowest BCUT2D eigenvalue weighted by Gasteiger charge is -2.13. The summed E-state index contributed by atoms with van der Waals surface area (Å²) in [5.41, 5.74) is 2.34. The number of hydrogen-bond acceptors (Lipinski definition) is 7. The monoisotopic (exact) mass is 507 g/mol. The fraction of sp³-hybridized carbons (Fsp3) is 0.200. The van der Waals surface area contributed by atoms with Gasteiger partial charge in [-0.1, -0.05) is 24.3 Å². The molecule has 0 aliphatic heterocycles. The fourth-order valence-electron chi connectivity index (χ4n) is 3.15. The molecule has 0 aliphatic carbocycles. The van der Waals surface area contributed by atoms with Crippen LogP contribution < -0.4 is 28.4 Å². The largest absolute Gasteiger partial charge is 0.573 e. The molecule has 0 saturated heterocycles. The van der Waals surface area contributed by atoms with Crippen molar-refractivity contribution in [3.05, 3.63) is 65.7 Å². The number of hydrogen-bond donors (Lipinski definition) is 1. The van der Waals surface area contributed by atoms with Crippen LogP contribution in [0.3, 0.4) is 0 Å². The lowest BCUT2D eigenvalue weighted by atomic mass is 10.1. The Balaban J connectivity index is 1.80. The number of alkyl halides is 3. The first kappa shape index (κ1) is 26.0. The summed E-state index contributed by atoms with van der Waals surface area (Å²) in [5.74, 6) is 1.86. The number of anilines is 1. The minimum absolute atomic E-state index is 0.293. The van der Waals surface area contributed by atoms with Crippen molar-refractivity contribution in [2.75, 3.05) is 33.2 Å². The maximum absolute atomic E-state index is 12.5. The molecule has 3 aromatic rings. The van der Waals surface area contributed by atoms with E-state index in [1.807, 2.05) is 36.4 Å². The molecule has 0 fully saturated rings. The minimum atomic E-state index is -4.75. The zero-order valence-corrected chi connectivity index (χ0v) is 20.3. The number of ether oxygens (including phenoxy) is 5. The zero-order chi connectivity index (χ0) is 25.4. The van der Waals surface area contributed by atoms with Gasteiger partial charge in [0.1, 0.15) is 11.5 Å². The molecular weight excluding hydrogens is 483 g/mol. The van der Waals surface area contributed by atoms with Crippen molar-refractivity contribution in [3.8, 4) is 28.7 Å². The van der Waals surface area contributed by atoms with E-state index in [0.717, 1.165) is 23.1 Å². The van der Waals surface area contributed by atoms with Gasteiger partial charge in [-0.2, -0.15) is 0 Å². The molecule has 0 saturated carbocycles. The van der Waals surface area contributed by atoms with Crippen LogP contribution in [0.2, 0.25) is 0 Å². The summed E-state index contributed by atoms with van der Waals surface area (Å²) in [6.07, 6.45) is -0.965. The zero-order valence-electron chi connectivity index (χ0n) is 19.4. The predicted octanol–water partition coefficient (Wildman–Crippen LogP) is 6.91. The van der Waals surface area contributed by atoms with Gasteiger partial charge in [-0.15, -0.1) is 13.2 Å². The Morgan fingerprint density at radius 1 is 0.743 bits per heavy atom. The summed E-state index contributed by atoms with van der Waals surface area (Å²) in [6.45, 7) is 0. The summed E-state index contributed by atoms with van der Waals surface area (Å²) < 4.78 is 66.1. The average Bonchev–Trinajstić information content (AvgIpc) is 2.84. The molecule has 0 aromatic heterocycles. The van der Waals surface area contributed by atoms with Crippen molar-refractivity contribution in [3.63, 3.8) is 0 Å². The van der Waals surface area contributed by atoms with Crippen molar-refractivity contribution in [1.29, 1.82) is 0 Å². The molecule has 0 spiro atoms. The van der Waals surface area contributed by atoms with Gasteiger partial charge in [0.15, 0.2) is 11.5 Å². The lowest BCUT2D eigenvalue weighted by molar-refractivity contribution is -0.274. The highest BCUT2D eigenvalue weighted by molar-refractivity contribution is 8.00. The van der Waals surface area contributed by atoms with Gasteiger partial charge in [-0.25, -0.2) is 0 Å². The van der Waals surface area contributed by atoms with Gasteiger partial charge in [-0.3, -0.25) is 0 Å². The van der Waals surface area contributed by atoms with Gasteiger partial charge in [0.05, 0.1) is 34.1 Å². The number of halogens is 3. The molecule has 35 heavy (non-hydrogen) atoms. The Morgan fingerprint density at radius 2 is 1.40 bits per heavy atom. The molecular formula is C25H24F3NO5S.